The average Bonchev–Trinajstić information content (AvgIpc) is 2.92. The smallest absolute Gasteiger partial charge is 0.497 e. The van der Waals surface area contributed by atoms with E-state index < -0.39 is 6.29 Å². The first kappa shape index (κ1) is 16.9. The first-order chi connectivity index (χ1) is 11.9. The van der Waals surface area contributed by atoms with Crippen LogP contribution in [-0.2, 0) is 0 Å². The highest BCUT2D eigenvalue weighted by Crippen LogP contribution is 2.41. The van der Waals surface area contributed by atoms with Gasteiger partial charge in [-0.3, -0.25) is 9.59 Å². The van der Waals surface area contributed by atoms with Crippen molar-refractivity contribution in [3.05, 3.63) is 53.6 Å². The molecule has 0 aromatic heterocycles. The van der Waals surface area contributed by atoms with Gasteiger partial charge in [0.2, 0.25) is 0 Å². The molecule has 7 heteroatoms. The number of carbonyl (C=O) groups is 2. The quantitative estimate of drug-likeness (QED) is 0.742. The maximum atomic E-state index is 13.0. The maximum Gasteiger partial charge on any atom is 0.586 e. The number of ether oxygens (including phenoxy) is 3. The van der Waals surface area contributed by atoms with Crippen LogP contribution in [0.4, 0.5) is 8.78 Å². The fourth-order valence-corrected chi connectivity index (χ4v) is 2.43. The highest BCUT2D eigenvalue weighted by Gasteiger charge is 2.43. The largest absolute Gasteiger partial charge is 0.586 e. The minimum absolute atomic E-state index is 0.00337. The first-order valence-electron chi connectivity index (χ1n) is 7.48. The van der Waals surface area contributed by atoms with Crippen LogP contribution < -0.4 is 14.2 Å². The summed E-state index contributed by atoms with van der Waals surface area (Å²) < 4.78 is 39.6. The lowest BCUT2D eigenvalue weighted by Crippen LogP contribution is -2.25. The van der Waals surface area contributed by atoms with E-state index in [1.54, 1.807) is 24.3 Å². The second-order valence-corrected chi connectivity index (χ2v) is 5.41. The van der Waals surface area contributed by atoms with Gasteiger partial charge >= 0.3 is 6.29 Å². The zero-order chi connectivity index (χ0) is 18.0. The molecule has 0 amide bonds. The predicted octanol–water partition coefficient (Wildman–Crippen LogP) is 3.86. The highest BCUT2D eigenvalue weighted by atomic mass is 19.3. The van der Waals surface area contributed by atoms with Crippen LogP contribution in [0.3, 0.4) is 0 Å². The summed E-state index contributed by atoms with van der Waals surface area (Å²) in [6.07, 6.45) is -3.78. The molecule has 0 N–H and O–H groups in total. The fourth-order valence-electron chi connectivity index (χ4n) is 2.43. The number of hydrogen-bond donors (Lipinski definition) is 0. The third-order valence-corrected chi connectivity index (χ3v) is 3.69. The zero-order valence-electron chi connectivity index (χ0n) is 13.3. The molecular weight excluding hydrogens is 334 g/mol. The Morgan fingerprint density at radius 2 is 1.60 bits per heavy atom. The topological polar surface area (TPSA) is 61.8 Å². The van der Waals surface area contributed by atoms with E-state index in [2.05, 4.69) is 9.47 Å². The van der Waals surface area contributed by atoms with E-state index in [0.717, 1.165) is 0 Å². The SMILES string of the molecule is COc1cccc(C(=O)CCC(=O)c2ccc3c(c2)OC(F)(F)O3)c1. The number of rotatable bonds is 6. The number of benzene rings is 2. The number of halogens is 2. The molecule has 2 aromatic carbocycles. The molecule has 0 atom stereocenters. The van der Waals surface area contributed by atoms with E-state index in [1.165, 1.54) is 25.3 Å². The van der Waals surface area contributed by atoms with Crippen LogP contribution in [0.5, 0.6) is 17.2 Å². The molecule has 1 aliphatic rings. The molecule has 0 fully saturated rings. The number of methoxy groups -OCH3 is 1. The maximum absolute atomic E-state index is 13.0. The minimum Gasteiger partial charge on any atom is -0.497 e. The van der Waals surface area contributed by atoms with Gasteiger partial charge in [-0.2, -0.15) is 0 Å². The van der Waals surface area contributed by atoms with Gasteiger partial charge in [-0.05, 0) is 30.3 Å². The van der Waals surface area contributed by atoms with Crippen LogP contribution in [0.2, 0.25) is 0 Å². The molecular formula is C18H14F2O5. The van der Waals surface area contributed by atoms with Gasteiger partial charge < -0.3 is 14.2 Å². The summed E-state index contributed by atoms with van der Waals surface area (Å²) in [6.45, 7) is 0. The molecule has 0 spiro atoms. The van der Waals surface area contributed by atoms with Crippen molar-refractivity contribution in [3.8, 4) is 17.2 Å². The van der Waals surface area contributed by atoms with Gasteiger partial charge in [0.15, 0.2) is 23.1 Å². The van der Waals surface area contributed by atoms with E-state index in [4.69, 9.17) is 4.74 Å². The minimum atomic E-state index is -3.73. The standard InChI is InChI=1S/C18H14F2O5/c1-23-13-4-2-3-11(9-13)14(21)6-7-15(22)12-5-8-16-17(10-12)25-18(19,20)24-16/h2-5,8-10H,6-7H2,1H3. The van der Waals surface area contributed by atoms with Gasteiger partial charge in [0.25, 0.3) is 0 Å². The van der Waals surface area contributed by atoms with E-state index in [1.807, 2.05) is 0 Å². The lowest BCUT2D eigenvalue weighted by Gasteiger charge is -2.05. The molecule has 0 aliphatic carbocycles. The Balaban J connectivity index is 1.64. The molecule has 130 valence electrons. The van der Waals surface area contributed by atoms with Crippen molar-refractivity contribution in [1.29, 1.82) is 0 Å². The number of Topliss-reactive ketones (excluding diaryl/α,β-unsaturated/α-hetero) is 2. The number of alkyl halides is 2. The van der Waals surface area contributed by atoms with Crippen LogP contribution in [-0.4, -0.2) is 25.0 Å². The molecule has 5 nitrogen and oxygen atoms in total. The van der Waals surface area contributed by atoms with Gasteiger partial charge in [-0.1, -0.05) is 12.1 Å². The number of carbonyl (C=O) groups excluding carboxylic acids is 2. The van der Waals surface area contributed by atoms with Crippen molar-refractivity contribution in [1.82, 2.24) is 0 Å². The van der Waals surface area contributed by atoms with E-state index in [9.17, 15) is 18.4 Å². The Bertz CT molecular complexity index is 832. The van der Waals surface area contributed by atoms with Crippen molar-refractivity contribution in [3.63, 3.8) is 0 Å². The molecule has 0 saturated carbocycles. The van der Waals surface area contributed by atoms with Gasteiger partial charge in [0.1, 0.15) is 5.75 Å². The summed E-state index contributed by atoms with van der Waals surface area (Å²) in [5.41, 5.74) is 0.621. The van der Waals surface area contributed by atoms with Gasteiger partial charge in [-0.25, -0.2) is 0 Å². The second kappa shape index (κ2) is 6.51. The first-order valence-corrected chi connectivity index (χ1v) is 7.48. The fraction of sp³-hybridized carbons (Fsp3) is 0.222. The molecule has 1 aliphatic heterocycles. The highest BCUT2D eigenvalue weighted by molar-refractivity contribution is 6.02. The Labute approximate surface area is 142 Å². The summed E-state index contributed by atoms with van der Waals surface area (Å²) in [4.78, 5) is 24.4. The summed E-state index contributed by atoms with van der Waals surface area (Å²) in [5, 5.41) is 0. The number of hydrogen-bond acceptors (Lipinski definition) is 5. The summed E-state index contributed by atoms with van der Waals surface area (Å²) in [7, 11) is 1.50. The van der Waals surface area contributed by atoms with Gasteiger partial charge in [-0.15, -0.1) is 8.78 Å². The van der Waals surface area contributed by atoms with E-state index in [-0.39, 0.29) is 41.5 Å². The molecule has 25 heavy (non-hydrogen) atoms. The van der Waals surface area contributed by atoms with E-state index in [0.29, 0.717) is 11.3 Å². The molecule has 0 unspecified atom stereocenters. The van der Waals surface area contributed by atoms with Crippen LogP contribution in [0.15, 0.2) is 42.5 Å². The van der Waals surface area contributed by atoms with Gasteiger partial charge in [0.05, 0.1) is 7.11 Å². The van der Waals surface area contributed by atoms with Crippen molar-refractivity contribution >= 4 is 11.6 Å². The number of fused-ring (bicyclic) bond motifs is 1. The summed E-state index contributed by atoms with van der Waals surface area (Å²) >= 11 is 0. The van der Waals surface area contributed by atoms with Crippen LogP contribution in [0, 0.1) is 0 Å². The molecule has 3 rings (SSSR count). The summed E-state index contributed by atoms with van der Waals surface area (Å²) in [6, 6.07) is 10.4. The van der Waals surface area contributed by atoms with Gasteiger partial charge in [0, 0.05) is 24.0 Å². The van der Waals surface area contributed by atoms with Crippen molar-refractivity contribution < 1.29 is 32.6 Å². The Hall–Kier alpha value is -2.96. The monoisotopic (exact) mass is 348 g/mol. The van der Waals surface area contributed by atoms with E-state index >= 15 is 0 Å². The zero-order valence-corrected chi connectivity index (χ0v) is 13.3. The predicted molar refractivity (Wildman–Crippen MR) is 83.5 cm³/mol. The Morgan fingerprint density at radius 3 is 2.28 bits per heavy atom. The van der Waals surface area contributed by atoms with Crippen molar-refractivity contribution in [2.24, 2.45) is 0 Å². The normalized spacial score (nSPS) is 14.2. The van der Waals surface area contributed by atoms with Crippen LogP contribution in [0.1, 0.15) is 33.6 Å². The lowest BCUT2D eigenvalue weighted by molar-refractivity contribution is -0.286. The van der Waals surface area contributed by atoms with Crippen molar-refractivity contribution in [2.45, 2.75) is 19.1 Å². The number of ketones is 2. The van der Waals surface area contributed by atoms with Crippen LogP contribution in [0.25, 0.3) is 0 Å². The molecule has 0 bridgehead atoms. The summed E-state index contributed by atoms with van der Waals surface area (Å²) in [5.74, 6) is -0.338. The second-order valence-electron chi connectivity index (χ2n) is 5.41. The third kappa shape index (κ3) is 3.76. The third-order valence-electron chi connectivity index (χ3n) is 3.69. The van der Waals surface area contributed by atoms with Crippen LogP contribution >= 0.6 is 0 Å². The molecule has 0 saturated heterocycles. The average molecular weight is 348 g/mol. The Morgan fingerprint density at radius 1 is 0.960 bits per heavy atom. The molecule has 1 heterocycles. The van der Waals surface area contributed by atoms with Crippen molar-refractivity contribution in [2.75, 3.05) is 7.11 Å². The Kier molecular flexibility index (Phi) is 4.39. The lowest BCUT2D eigenvalue weighted by atomic mass is 10.0. The molecule has 2 aromatic rings. The molecule has 0 radical (unpaired) electrons.